The summed E-state index contributed by atoms with van der Waals surface area (Å²) in [7, 11) is 0. The van der Waals surface area contributed by atoms with E-state index < -0.39 is 0 Å². The Labute approximate surface area is 118 Å². The van der Waals surface area contributed by atoms with Gasteiger partial charge in [-0.1, -0.05) is 6.07 Å². The molecule has 0 amide bonds. The van der Waals surface area contributed by atoms with Crippen LogP contribution in [0.25, 0.3) is 0 Å². The summed E-state index contributed by atoms with van der Waals surface area (Å²) in [6.07, 6.45) is 3.75. The Morgan fingerprint density at radius 3 is 2.84 bits per heavy atom. The summed E-state index contributed by atoms with van der Waals surface area (Å²) in [6, 6.07) is 6.27. The van der Waals surface area contributed by atoms with Gasteiger partial charge < -0.3 is 10.1 Å². The molecule has 0 bridgehead atoms. The fourth-order valence-corrected chi connectivity index (χ4v) is 3.46. The van der Waals surface area contributed by atoms with Crippen LogP contribution in [0.15, 0.2) is 23.1 Å². The van der Waals surface area contributed by atoms with Crippen molar-refractivity contribution in [3.63, 3.8) is 0 Å². The second kappa shape index (κ2) is 5.81. The maximum atomic E-state index is 14.1. The highest BCUT2D eigenvalue weighted by molar-refractivity contribution is 8.00. The Balaban J connectivity index is 1.61. The van der Waals surface area contributed by atoms with Crippen molar-refractivity contribution in [1.29, 1.82) is 0 Å². The molecule has 2 fully saturated rings. The minimum atomic E-state index is -0.0980. The summed E-state index contributed by atoms with van der Waals surface area (Å²) in [6.45, 7) is 3.63. The molecule has 0 spiro atoms. The zero-order valence-electron chi connectivity index (χ0n) is 11.2. The molecule has 104 valence electrons. The first-order valence-electron chi connectivity index (χ1n) is 7.02. The van der Waals surface area contributed by atoms with Gasteiger partial charge in [-0.3, -0.25) is 0 Å². The average Bonchev–Trinajstić information content (AvgIpc) is 3.14. The molecule has 19 heavy (non-hydrogen) atoms. The van der Waals surface area contributed by atoms with E-state index >= 15 is 0 Å². The largest absolute Gasteiger partial charge is 0.377 e. The number of nitrogens with one attached hydrogen (secondary N) is 1. The van der Waals surface area contributed by atoms with Crippen LogP contribution in [-0.4, -0.2) is 24.0 Å². The van der Waals surface area contributed by atoms with Crippen LogP contribution in [0.5, 0.6) is 0 Å². The molecule has 4 heteroatoms. The lowest BCUT2D eigenvalue weighted by Crippen LogP contribution is -2.15. The molecule has 1 aliphatic carbocycles. The molecule has 0 radical (unpaired) electrons. The zero-order chi connectivity index (χ0) is 13.2. The predicted octanol–water partition coefficient (Wildman–Crippen LogP) is 3.35. The lowest BCUT2D eigenvalue weighted by Gasteiger charge is -2.14. The van der Waals surface area contributed by atoms with Crippen molar-refractivity contribution in [3.05, 3.63) is 29.6 Å². The Morgan fingerprint density at radius 1 is 1.37 bits per heavy atom. The van der Waals surface area contributed by atoms with E-state index in [1.54, 1.807) is 17.8 Å². The van der Waals surface area contributed by atoms with Gasteiger partial charge in [0, 0.05) is 29.3 Å². The minimum Gasteiger partial charge on any atom is -0.377 e. The molecule has 1 N–H and O–H groups in total. The van der Waals surface area contributed by atoms with Crippen molar-refractivity contribution in [2.75, 3.05) is 6.61 Å². The molecule has 1 aliphatic heterocycles. The first kappa shape index (κ1) is 13.4. The normalized spacial score (nSPS) is 26.8. The van der Waals surface area contributed by atoms with Crippen LogP contribution in [0.4, 0.5) is 4.39 Å². The lowest BCUT2D eigenvalue weighted by molar-refractivity contribution is 0.127. The maximum Gasteiger partial charge on any atom is 0.137 e. The van der Waals surface area contributed by atoms with Crippen molar-refractivity contribution < 1.29 is 9.13 Å². The first-order chi connectivity index (χ1) is 9.22. The zero-order valence-corrected chi connectivity index (χ0v) is 12.0. The summed E-state index contributed by atoms with van der Waals surface area (Å²) >= 11 is 1.61. The molecule has 1 aromatic carbocycles. The molecule has 2 nitrogen and oxygen atoms in total. The van der Waals surface area contributed by atoms with Crippen molar-refractivity contribution >= 4 is 11.8 Å². The smallest absolute Gasteiger partial charge is 0.137 e. The molecule has 2 unspecified atom stereocenters. The number of ether oxygens (including phenoxy) is 1. The van der Waals surface area contributed by atoms with Crippen molar-refractivity contribution in [3.8, 4) is 0 Å². The van der Waals surface area contributed by atoms with Crippen molar-refractivity contribution in [1.82, 2.24) is 5.32 Å². The number of hydrogen-bond donors (Lipinski definition) is 1. The van der Waals surface area contributed by atoms with Crippen LogP contribution < -0.4 is 5.32 Å². The van der Waals surface area contributed by atoms with Gasteiger partial charge in [0.2, 0.25) is 0 Å². The Morgan fingerprint density at radius 2 is 2.21 bits per heavy atom. The standard InChI is InChI=1S/C15H20FNOS/c1-10-14(6-7-18-10)19-15-5-2-11(8-13(15)16)9-17-12-3-4-12/h2,5,8,10,12,14,17H,3-4,6-7,9H2,1H3. The molecule has 1 saturated heterocycles. The highest BCUT2D eigenvalue weighted by Crippen LogP contribution is 2.34. The van der Waals surface area contributed by atoms with Crippen LogP contribution in [0.2, 0.25) is 0 Å². The number of rotatable bonds is 5. The van der Waals surface area contributed by atoms with Crippen molar-refractivity contribution in [2.24, 2.45) is 0 Å². The Hall–Kier alpha value is -0.580. The highest BCUT2D eigenvalue weighted by atomic mass is 32.2. The SMILES string of the molecule is CC1OCCC1Sc1ccc(CNC2CC2)cc1F. The van der Waals surface area contributed by atoms with E-state index in [0.29, 0.717) is 11.3 Å². The maximum absolute atomic E-state index is 14.1. The van der Waals surface area contributed by atoms with Gasteiger partial charge >= 0.3 is 0 Å². The number of hydrogen-bond acceptors (Lipinski definition) is 3. The predicted molar refractivity (Wildman–Crippen MR) is 75.9 cm³/mol. The number of benzene rings is 1. The first-order valence-corrected chi connectivity index (χ1v) is 7.90. The lowest BCUT2D eigenvalue weighted by atomic mass is 10.2. The molecular weight excluding hydrogens is 261 g/mol. The molecule has 1 saturated carbocycles. The van der Waals surface area contributed by atoms with Gasteiger partial charge in [0.05, 0.1) is 6.10 Å². The molecule has 1 aromatic rings. The van der Waals surface area contributed by atoms with Crippen LogP contribution in [-0.2, 0) is 11.3 Å². The third kappa shape index (κ3) is 3.50. The van der Waals surface area contributed by atoms with E-state index in [1.165, 1.54) is 12.8 Å². The van der Waals surface area contributed by atoms with Gasteiger partial charge in [-0.05, 0) is 43.9 Å². The van der Waals surface area contributed by atoms with Crippen LogP contribution in [0, 0.1) is 5.82 Å². The summed E-state index contributed by atoms with van der Waals surface area (Å²) in [4.78, 5) is 0.748. The quantitative estimate of drug-likeness (QED) is 0.894. The highest BCUT2D eigenvalue weighted by Gasteiger charge is 2.26. The van der Waals surface area contributed by atoms with E-state index in [2.05, 4.69) is 12.2 Å². The minimum absolute atomic E-state index is 0.0980. The molecule has 2 atom stereocenters. The summed E-state index contributed by atoms with van der Waals surface area (Å²) in [5.74, 6) is -0.0980. The van der Waals surface area contributed by atoms with Crippen LogP contribution in [0.3, 0.4) is 0 Å². The van der Waals surface area contributed by atoms with Crippen LogP contribution in [0.1, 0.15) is 31.7 Å². The topological polar surface area (TPSA) is 21.3 Å². The monoisotopic (exact) mass is 281 g/mol. The number of halogens is 1. The average molecular weight is 281 g/mol. The van der Waals surface area contributed by atoms with Gasteiger partial charge in [-0.2, -0.15) is 0 Å². The molecule has 3 rings (SSSR count). The second-order valence-corrected chi connectivity index (χ2v) is 6.72. The molecule has 2 aliphatic rings. The van der Waals surface area contributed by atoms with E-state index in [4.69, 9.17) is 4.74 Å². The second-order valence-electron chi connectivity index (χ2n) is 5.44. The van der Waals surface area contributed by atoms with E-state index in [9.17, 15) is 4.39 Å². The summed E-state index contributed by atoms with van der Waals surface area (Å²) < 4.78 is 19.6. The van der Waals surface area contributed by atoms with Crippen molar-refractivity contribution in [2.45, 2.75) is 55.0 Å². The van der Waals surface area contributed by atoms with Gasteiger partial charge in [-0.25, -0.2) is 4.39 Å². The van der Waals surface area contributed by atoms with E-state index in [0.717, 1.165) is 30.0 Å². The fourth-order valence-electron chi connectivity index (χ4n) is 2.33. The summed E-state index contributed by atoms with van der Waals surface area (Å²) in [5.41, 5.74) is 1.03. The third-order valence-electron chi connectivity index (χ3n) is 3.75. The van der Waals surface area contributed by atoms with E-state index in [1.807, 2.05) is 12.1 Å². The number of thioether (sulfide) groups is 1. The Bertz CT molecular complexity index is 450. The third-order valence-corrected chi connectivity index (χ3v) is 5.26. The van der Waals surface area contributed by atoms with Crippen LogP contribution >= 0.6 is 11.8 Å². The summed E-state index contributed by atoms with van der Waals surface area (Å²) in [5, 5.41) is 3.79. The molecule has 1 heterocycles. The fraction of sp³-hybridized carbons (Fsp3) is 0.600. The van der Waals surface area contributed by atoms with E-state index in [-0.39, 0.29) is 11.9 Å². The van der Waals surface area contributed by atoms with Gasteiger partial charge in [-0.15, -0.1) is 11.8 Å². The van der Waals surface area contributed by atoms with Gasteiger partial charge in [0.25, 0.3) is 0 Å². The Kier molecular flexibility index (Phi) is 4.10. The van der Waals surface area contributed by atoms with Gasteiger partial charge in [0.1, 0.15) is 5.82 Å². The molecule has 0 aromatic heterocycles. The van der Waals surface area contributed by atoms with Gasteiger partial charge in [0.15, 0.2) is 0 Å². The molecular formula is C15H20FNOS.